The Morgan fingerprint density at radius 3 is 0.778 bits per heavy atom. The molecule has 0 aromatic heterocycles. The zero-order valence-corrected chi connectivity index (χ0v) is 13.7. The first-order chi connectivity index (χ1) is 7.20. The van der Waals surface area contributed by atoms with Crippen LogP contribution in [0, 0.1) is 15.3 Å². The van der Waals surface area contributed by atoms with Crippen LogP contribution in [0.2, 0.25) is 0 Å². The Balaban J connectivity index is -0.000000332. The third-order valence-electron chi connectivity index (χ3n) is 1.83. The van der Waals surface area contributed by atoms with E-state index in [1.807, 2.05) is 0 Å². The van der Waals surface area contributed by atoms with Crippen LogP contribution in [0.4, 0.5) is 0 Å². The summed E-state index contributed by atoms with van der Waals surface area (Å²) >= 11 is 35.3. The normalized spacial score (nSPS) is 38.3. The summed E-state index contributed by atoms with van der Waals surface area (Å²) in [5, 5.41) is 12.1. The van der Waals surface area contributed by atoms with Crippen molar-refractivity contribution in [1.82, 2.24) is 0 Å². The van der Waals surface area contributed by atoms with Crippen molar-refractivity contribution in [2.45, 2.75) is 32.3 Å². The average Bonchev–Trinajstić information content (AvgIpc) is 2.20. The van der Waals surface area contributed by atoms with Crippen molar-refractivity contribution in [1.29, 1.82) is 0 Å². The van der Waals surface area contributed by atoms with E-state index >= 15 is 0 Å². The third-order valence-corrected chi connectivity index (χ3v) is 5.86. The molecule has 0 aromatic carbocycles. The summed E-state index contributed by atoms with van der Waals surface area (Å²) < 4.78 is 0. The fraction of sp³-hybridized carbons (Fsp3) is 1.00. The molecule has 0 bridgehead atoms. The molecule has 114 valence electrons. The summed E-state index contributed by atoms with van der Waals surface area (Å²) in [6, 6.07) is 0. The van der Waals surface area contributed by atoms with Gasteiger partial charge in [-0.3, -0.25) is 0 Å². The molecule has 0 aliphatic heterocycles. The van der Waals surface area contributed by atoms with Crippen molar-refractivity contribution in [3.05, 3.63) is 15.3 Å². The summed E-state index contributed by atoms with van der Waals surface area (Å²) in [4.78, 5) is 8.25. The molecule has 0 atom stereocenters. The van der Waals surface area contributed by atoms with Gasteiger partial charge in [-0.1, -0.05) is 0 Å². The van der Waals surface area contributed by atoms with Crippen molar-refractivity contribution < 1.29 is 27.1 Å². The first-order valence-corrected chi connectivity index (χ1v) is 6.48. The first kappa shape index (κ1) is 24.4. The van der Waals surface area contributed by atoms with Gasteiger partial charge in [0.25, 0.3) is 0 Å². The van der Waals surface area contributed by atoms with Crippen LogP contribution in [0.1, 0.15) is 0 Å². The zero-order chi connectivity index (χ0) is 13.0. The van der Waals surface area contributed by atoms with Crippen molar-refractivity contribution in [2.75, 3.05) is 0 Å². The monoisotopic (exact) mass is 426 g/mol. The maximum Gasteiger partial charge on any atom is 0.0693 e. The van der Waals surface area contributed by atoms with Gasteiger partial charge < -0.3 is 20.8 Å². The van der Waals surface area contributed by atoms with E-state index in [1.165, 1.54) is 0 Å². The molecule has 1 aliphatic rings. The van der Waals surface area contributed by atoms with Crippen molar-refractivity contribution in [3.63, 3.8) is 0 Å². The maximum absolute atomic E-state index is 8.25. The molecule has 18 heavy (non-hydrogen) atoms. The van der Waals surface area contributed by atoms with Crippen molar-refractivity contribution in [3.8, 4) is 0 Å². The topological polar surface area (TPSA) is 97.7 Å². The van der Waals surface area contributed by atoms with Crippen LogP contribution in [-0.4, -0.2) is 42.8 Å². The standard InChI is InChI=1S/C6H6Cl6.NO3.Ni.H2O/c7-1-2(8)4(10)6(12)5(11)3(1)9;2-1(3)4;;/h1-6H;;;1H2/q;-1;;. The molecule has 0 aromatic rings. The molecule has 0 unspecified atom stereocenters. The van der Waals surface area contributed by atoms with E-state index in [4.69, 9.17) is 84.9 Å². The Hall–Kier alpha value is 1.39. The van der Waals surface area contributed by atoms with E-state index < -0.39 is 37.3 Å². The van der Waals surface area contributed by atoms with Crippen LogP contribution in [-0.2, 0) is 16.5 Å². The van der Waals surface area contributed by atoms with Crippen LogP contribution >= 0.6 is 69.6 Å². The van der Waals surface area contributed by atoms with Gasteiger partial charge in [0.05, 0.1) is 37.3 Å². The SMILES string of the molecule is ClC1C(Cl)C(Cl)C(Cl)C(Cl)C1Cl.O.O=[N+]([O-])[O-].[Ni]. The molecule has 0 saturated heterocycles. The maximum atomic E-state index is 8.25. The van der Waals surface area contributed by atoms with Gasteiger partial charge in [0.15, 0.2) is 0 Å². The van der Waals surface area contributed by atoms with Gasteiger partial charge in [0, 0.05) is 16.5 Å². The van der Waals surface area contributed by atoms with Gasteiger partial charge in [-0.25, -0.2) is 0 Å². The second-order valence-electron chi connectivity index (χ2n) is 2.89. The number of halogens is 6. The molecule has 0 heterocycles. The Bertz CT molecular complexity index is 190. The summed E-state index contributed by atoms with van der Waals surface area (Å²) in [5.74, 6) is 0. The van der Waals surface area contributed by atoms with Gasteiger partial charge in [-0.2, -0.15) is 0 Å². The van der Waals surface area contributed by atoms with Gasteiger partial charge in [-0.15, -0.1) is 69.6 Å². The van der Waals surface area contributed by atoms with Crippen LogP contribution in [0.25, 0.3) is 0 Å². The molecule has 12 heteroatoms. The largest absolute Gasteiger partial charge is 0.412 e. The average molecular weight is 430 g/mol. The van der Waals surface area contributed by atoms with E-state index in [0.29, 0.717) is 0 Å². The third kappa shape index (κ3) is 7.25. The van der Waals surface area contributed by atoms with Crippen LogP contribution < -0.4 is 0 Å². The number of rotatable bonds is 0. The van der Waals surface area contributed by atoms with Gasteiger partial charge in [0.1, 0.15) is 0 Å². The Kier molecular flexibility index (Phi) is 15.1. The summed E-state index contributed by atoms with van der Waals surface area (Å²) in [5.41, 5.74) is 0. The Morgan fingerprint density at radius 2 is 0.722 bits per heavy atom. The number of hydrogen-bond acceptors (Lipinski definition) is 3. The van der Waals surface area contributed by atoms with E-state index in [2.05, 4.69) is 0 Å². The molecular formula is C6H8Cl6NNiO4-. The molecule has 1 saturated carbocycles. The molecule has 0 spiro atoms. The molecule has 1 rings (SSSR count). The summed E-state index contributed by atoms with van der Waals surface area (Å²) in [6.07, 6.45) is 0. The molecule has 5 nitrogen and oxygen atoms in total. The fourth-order valence-corrected chi connectivity index (χ4v) is 3.38. The molecule has 1 fully saturated rings. The second-order valence-corrected chi connectivity index (χ2v) is 5.91. The van der Waals surface area contributed by atoms with Crippen molar-refractivity contribution >= 4 is 69.6 Å². The molecule has 0 amide bonds. The van der Waals surface area contributed by atoms with E-state index in [0.717, 1.165) is 0 Å². The predicted molar refractivity (Wildman–Crippen MR) is 71.8 cm³/mol. The number of nitrogens with zero attached hydrogens (tertiary/aromatic N) is 1. The van der Waals surface area contributed by atoms with Crippen LogP contribution in [0.3, 0.4) is 0 Å². The fourth-order valence-electron chi connectivity index (χ4n) is 1.05. The molecular weight excluding hydrogens is 421 g/mol. The molecule has 2 N–H and O–H groups in total. The quantitative estimate of drug-likeness (QED) is 0.256. The van der Waals surface area contributed by atoms with Crippen LogP contribution in [0.15, 0.2) is 0 Å². The summed E-state index contributed by atoms with van der Waals surface area (Å²) in [6.45, 7) is 0. The predicted octanol–water partition coefficient (Wildman–Crippen LogP) is 2.58. The van der Waals surface area contributed by atoms with Crippen molar-refractivity contribution in [2.24, 2.45) is 0 Å². The first-order valence-electron chi connectivity index (χ1n) is 3.86. The minimum Gasteiger partial charge on any atom is -0.412 e. The minimum atomic E-state index is -1.75. The Morgan fingerprint density at radius 1 is 0.667 bits per heavy atom. The van der Waals surface area contributed by atoms with E-state index in [9.17, 15) is 0 Å². The molecule has 1 aliphatic carbocycles. The Labute approximate surface area is 143 Å². The summed E-state index contributed by atoms with van der Waals surface area (Å²) in [7, 11) is 0. The van der Waals surface area contributed by atoms with E-state index in [-0.39, 0.29) is 22.0 Å². The molecule has 0 radical (unpaired) electrons. The van der Waals surface area contributed by atoms with Gasteiger partial charge in [-0.05, 0) is 0 Å². The zero-order valence-electron chi connectivity index (χ0n) is 8.22. The van der Waals surface area contributed by atoms with E-state index in [1.54, 1.807) is 0 Å². The van der Waals surface area contributed by atoms with Crippen LogP contribution in [0.5, 0.6) is 0 Å². The number of alkyl halides is 6. The second kappa shape index (κ2) is 11.1. The minimum absolute atomic E-state index is 0. The van der Waals surface area contributed by atoms with Gasteiger partial charge in [0.2, 0.25) is 0 Å². The van der Waals surface area contributed by atoms with Gasteiger partial charge >= 0.3 is 0 Å². The number of hydrogen-bond donors (Lipinski definition) is 0. The smallest absolute Gasteiger partial charge is 0.0693 e.